The molecule has 1 unspecified atom stereocenters. The van der Waals surface area contributed by atoms with Crippen molar-refractivity contribution in [3.05, 3.63) is 39.8 Å². The molecule has 1 fully saturated rings. The highest BCUT2D eigenvalue weighted by Crippen LogP contribution is 2.27. The summed E-state index contributed by atoms with van der Waals surface area (Å²) in [6.07, 6.45) is 1.95. The van der Waals surface area contributed by atoms with E-state index in [1.54, 1.807) is 28.6 Å². The maximum absolute atomic E-state index is 12.8. The number of rotatable bonds is 5. The van der Waals surface area contributed by atoms with Crippen molar-refractivity contribution >= 4 is 33.0 Å². The molecule has 1 saturated heterocycles. The Morgan fingerprint density at radius 2 is 1.96 bits per heavy atom. The predicted molar refractivity (Wildman–Crippen MR) is 112 cm³/mol. The zero-order chi connectivity index (χ0) is 20.5. The number of aryl methyl sites for hydroxylation is 1. The molecule has 6 nitrogen and oxygen atoms in total. The monoisotopic (exact) mass is 421 g/mol. The molecule has 1 aliphatic rings. The summed E-state index contributed by atoms with van der Waals surface area (Å²) in [5.41, 5.74) is 1.28. The number of amides is 1. The van der Waals surface area contributed by atoms with Gasteiger partial charge in [-0.3, -0.25) is 4.79 Å². The Morgan fingerprint density at radius 1 is 1.29 bits per heavy atom. The van der Waals surface area contributed by atoms with Crippen LogP contribution in [0.25, 0.3) is 0 Å². The van der Waals surface area contributed by atoms with E-state index in [0.717, 1.165) is 17.8 Å². The van der Waals surface area contributed by atoms with Crippen LogP contribution in [0.4, 0.5) is 5.69 Å². The molecule has 0 spiro atoms. The molecule has 1 aromatic carbocycles. The minimum absolute atomic E-state index is 0.220. The van der Waals surface area contributed by atoms with Gasteiger partial charge in [0.2, 0.25) is 10.0 Å². The molecule has 2 aromatic rings. The number of piperidine rings is 1. The molecule has 0 saturated carbocycles. The number of sulfonamides is 1. The number of thiazole rings is 1. The topological polar surface area (TPSA) is 79.4 Å². The molecule has 1 amide bonds. The maximum Gasteiger partial charge on any atom is 0.267 e. The second kappa shape index (κ2) is 8.31. The molecule has 3 rings (SSSR count). The van der Waals surface area contributed by atoms with Crippen molar-refractivity contribution in [2.75, 3.05) is 18.4 Å². The zero-order valence-corrected chi connectivity index (χ0v) is 18.4. The lowest BCUT2D eigenvalue weighted by Gasteiger charge is -2.30. The molecule has 0 radical (unpaired) electrons. The van der Waals surface area contributed by atoms with Crippen LogP contribution in [0.2, 0.25) is 0 Å². The van der Waals surface area contributed by atoms with E-state index >= 15 is 0 Å². The zero-order valence-electron chi connectivity index (χ0n) is 16.7. The van der Waals surface area contributed by atoms with Crippen LogP contribution in [0.15, 0.2) is 29.2 Å². The SMILES string of the molecule is Cc1nc(C(C)C)sc1C(=O)Nc1ccc(S(=O)(=O)N2CCCC(C)C2)cc1. The number of anilines is 1. The van der Waals surface area contributed by atoms with Gasteiger partial charge >= 0.3 is 0 Å². The van der Waals surface area contributed by atoms with E-state index in [0.29, 0.717) is 35.3 Å². The third kappa shape index (κ3) is 4.45. The van der Waals surface area contributed by atoms with E-state index in [2.05, 4.69) is 17.2 Å². The van der Waals surface area contributed by atoms with Gasteiger partial charge in [0.05, 0.1) is 15.6 Å². The molecule has 0 bridgehead atoms. The standard InChI is InChI=1S/C20H27N3O3S2/c1-13(2)20-21-15(4)18(27-20)19(24)22-16-7-9-17(10-8-16)28(25,26)23-11-5-6-14(3)12-23/h7-10,13-14H,5-6,11-12H2,1-4H3,(H,22,24). The third-order valence-electron chi connectivity index (χ3n) is 4.88. The Labute approximate surface area is 171 Å². The average molecular weight is 422 g/mol. The van der Waals surface area contributed by atoms with Crippen molar-refractivity contribution in [3.63, 3.8) is 0 Å². The van der Waals surface area contributed by atoms with Gasteiger partial charge in [0.25, 0.3) is 5.91 Å². The Balaban J connectivity index is 1.73. The van der Waals surface area contributed by atoms with Crippen molar-refractivity contribution in [2.45, 2.75) is 51.3 Å². The molecule has 1 aliphatic heterocycles. The minimum atomic E-state index is -3.49. The summed E-state index contributed by atoms with van der Waals surface area (Å²) in [5, 5.41) is 3.77. The summed E-state index contributed by atoms with van der Waals surface area (Å²) < 4.78 is 27.2. The molecule has 1 atom stereocenters. The van der Waals surface area contributed by atoms with E-state index in [4.69, 9.17) is 0 Å². The van der Waals surface area contributed by atoms with E-state index in [1.165, 1.54) is 11.3 Å². The van der Waals surface area contributed by atoms with Gasteiger partial charge in [-0.15, -0.1) is 11.3 Å². The van der Waals surface area contributed by atoms with Crippen LogP contribution in [-0.2, 0) is 10.0 Å². The summed E-state index contributed by atoms with van der Waals surface area (Å²) in [6, 6.07) is 6.39. The largest absolute Gasteiger partial charge is 0.321 e. The lowest BCUT2D eigenvalue weighted by Crippen LogP contribution is -2.39. The predicted octanol–water partition coefficient (Wildman–Crippen LogP) is 4.25. The van der Waals surface area contributed by atoms with Crippen LogP contribution in [0, 0.1) is 12.8 Å². The van der Waals surface area contributed by atoms with Crippen LogP contribution in [-0.4, -0.2) is 36.7 Å². The van der Waals surface area contributed by atoms with E-state index < -0.39 is 10.0 Å². The first-order valence-electron chi connectivity index (χ1n) is 9.57. The normalized spacial score (nSPS) is 18.4. The van der Waals surface area contributed by atoms with Gasteiger partial charge in [0.1, 0.15) is 4.88 Å². The summed E-state index contributed by atoms with van der Waals surface area (Å²) >= 11 is 1.40. The lowest BCUT2D eigenvalue weighted by molar-refractivity contribution is 0.103. The van der Waals surface area contributed by atoms with E-state index in [9.17, 15) is 13.2 Å². The second-order valence-electron chi connectivity index (χ2n) is 7.71. The molecule has 0 aliphatic carbocycles. The van der Waals surface area contributed by atoms with Crippen molar-refractivity contribution < 1.29 is 13.2 Å². The van der Waals surface area contributed by atoms with Crippen molar-refractivity contribution in [3.8, 4) is 0 Å². The Kier molecular flexibility index (Phi) is 6.21. The smallest absolute Gasteiger partial charge is 0.267 e. The molecule has 2 heterocycles. The molecule has 1 N–H and O–H groups in total. The van der Waals surface area contributed by atoms with Gasteiger partial charge in [0.15, 0.2) is 0 Å². The number of aromatic nitrogens is 1. The highest BCUT2D eigenvalue weighted by Gasteiger charge is 2.28. The number of carbonyl (C=O) groups is 1. The van der Waals surface area contributed by atoms with Crippen molar-refractivity contribution in [1.82, 2.24) is 9.29 Å². The highest BCUT2D eigenvalue weighted by molar-refractivity contribution is 7.89. The van der Waals surface area contributed by atoms with Gasteiger partial charge in [0, 0.05) is 24.7 Å². The number of nitrogens with zero attached hydrogens (tertiary/aromatic N) is 2. The second-order valence-corrected chi connectivity index (χ2v) is 10.7. The fraction of sp³-hybridized carbons (Fsp3) is 0.500. The molecule has 8 heteroatoms. The number of hydrogen-bond acceptors (Lipinski definition) is 5. The summed E-state index contributed by atoms with van der Waals surface area (Å²) in [6.45, 7) is 9.11. The molecular formula is C20H27N3O3S2. The first-order valence-corrected chi connectivity index (χ1v) is 11.8. The number of nitrogens with one attached hydrogen (secondary N) is 1. The van der Waals surface area contributed by atoms with Crippen LogP contribution in [0.5, 0.6) is 0 Å². The van der Waals surface area contributed by atoms with Gasteiger partial charge in [-0.25, -0.2) is 13.4 Å². The Hall–Kier alpha value is -1.77. The average Bonchev–Trinajstić information content (AvgIpc) is 3.04. The van der Waals surface area contributed by atoms with Crippen LogP contribution in [0.3, 0.4) is 0 Å². The van der Waals surface area contributed by atoms with Gasteiger partial charge in [-0.05, 0) is 49.9 Å². The highest BCUT2D eigenvalue weighted by atomic mass is 32.2. The Morgan fingerprint density at radius 3 is 2.54 bits per heavy atom. The summed E-state index contributed by atoms with van der Waals surface area (Å²) in [4.78, 5) is 17.9. The maximum atomic E-state index is 12.8. The van der Waals surface area contributed by atoms with Crippen LogP contribution < -0.4 is 5.32 Å². The number of carbonyl (C=O) groups excluding carboxylic acids is 1. The first kappa shape index (κ1) is 21.0. The van der Waals surface area contributed by atoms with Crippen LogP contribution >= 0.6 is 11.3 Å². The van der Waals surface area contributed by atoms with E-state index in [1.807, 2.05) is 20.8 Å². The first-order chi connectivity index (χ1) is 13.2. The van der Waals surface area contributed by atoms with Gasteiger partial charge in [-0.1, -0.05) is 20.8 Å². The molecule has 152 valence electrons. The van der Waals surface area contributed by atoms with Gasteiger partial charge < -0.3 is 5.32 Å². The number of hydrogen-bond donors (Lipinski definition) is 1. The quantitative estimate of drug-likeness (QED) is 0.783. The lowest BCUT2D eigenvalue weighted by atomic mass is 10.0. The molecule has 1 aromatic heterocycles. The molecule has 28 heavy (non-hydrogen) atoms. The van der Waals surface area contributed by atoms with E-state index in [-0.39, 0.29) is 16.7 Å². The van der Waals surface area contributed by atoms with Crippen LogP contribution in [0.1, 0.15) is 59.9 Å². The fourth-order valence-corrected chi connectivity index (χ4v) is 5.85. The molecular weight excluding hydrogens is 394 g/mol. The summed E-state index contributed by atoms with van der Waals surface area (Å²) in [5.74, 6) is 0.426. The number of benzene rings is 1. The summed E-state index contributed by atoms with van der Waals surface area (Å²) in [7, 11) is -3.49. The van der Waals surface area contributed by atoms with Crippen molar-refractivity contribution in [1.29, 1.82) is 0 Å². The van der Waals surface area contributed by atoms with Gasteiger partial charge in [-0.2, -0.15) is 4.31 Å². The third-order valence-corrected chi connectivity index (χ3v) is 8.22. The minimum Gasteiger partial charge on any atom is -0.321 e. The van der Waals surface area contributed by atoms with Crippen molar-refractivity contribution in [2.24, 2.45) is 5.92 Å². The Bertz CT molecular complexity index is 950. The fourth-order valence-electron chi connectivity index (χ4n) is 3.29.